The highest BCUT2D eigenvalue weighted by Crippen LogP contribution is 2.28. The van der Waals surface area contributed by atoms with Gasteiger partial charge in [-0.05, 0) is 52.9 Å². The fourth-order valence-electron chi connectivity index (χ4n) is 1.76. The molecule has 1 aromatic carbocycles. The van der Waals surface area contributed by atoms with Crippen LogP contribution in [0.15, 0.2) is 22.7 Å². The minimum Gasteiger partial charge on any atom is -0.479 e. The Morgan fingerprint density at radius 1 is 1.58 bits per heavy atom. The van der Waals surface area contributed by atoms with Crippen molar-refractivity contribution in [2.24, 2.45) is 0 Å². The van der Waals surface area contributed by atoms with Crippen molar-refractivity contribution in [3.63, 3.8) is 0 Å². The first kappa shape index (κ1) is 14.3. The molecule has 1 aliphatic carbocycles. The summed E-state index contributed by atoms with van der Waals surface area (Å²) in [4.78, 5) is 10.9. The number of ether oxygens (including phenoxy) is 1. The van der Waals surface area contributed by atoms with Crippen molar-refractivity contribution in [1.82, 2.24) is 5.32 Å². The second-order valence-electron chi connectivity index (χ2n) is 4.77. The highest BCUT2D eigenvalue weighted by atomic mass is 79.9. The zero-order valence-electron chi connectivity index (χ0n) is 10.9. The summed E-state index contributed by atoms with van der Waals surface area (Å²) in [7, 11) is 0. The van der Waals surface area contributed by atoms with Crippen LogP contribution in [0.3, 0.4) is 0 Å². The first-order valence-corrected chi connectivity index (χ1v) is 7.30. The predicted molar refractivity (Wildman–Crippen MR) is 76.3 cm³/mol. The summed E-state index contributed by atoms with van der Waals surface area (Å²) in [6, 6.07) is 6.43. The number of halogens is 1. The molecular weight excluding hydrogens is 310 g/mol. The Balaban J connectivity index is 1.98. The lowest BCUT2D eigenvalue weighted by Crippen LogP contribution is -2.26. The van der Waals surface area contributed by atoms with E-state index in [0.717, 1.165) is 16.6 Å². The molecule has 4 nitrogen and oxygen atoms in total. The van der Waals surface area contributed by atoms with Crippen molar-refractivity contribution < 1.29 is 14.6 Å². The number of hydrogen-bond acceptors (Lipinski definition) is 3. The molecule has 0 amide bonds. The topological polar surface area (TPSA) is 58.6 Å². The van der Waals surface area contributed by atoms with Gasteiger partial charge in [0.05, 0.1) is 4.47 Å². The maximum atomic E-state index is 10.9. The molecule has 1 aromatic rings. The molecule has 1 fully saturated rings. The molecule has 1 aliphatic rings. The van der Waals surface area contributed by atoms with Crippen LogP contribution in [0.5, 0.6) is 5.75 Å². The third-order valence-corrected chi connectivity index (χ3v) is 3.70. The van der Waals surface area contributed by atoms with Gasteiger partial charge in [0.2, 0.25) is 0 Å². The zero-order chi connectivity index (χ0) is 13.8. The number of aliphatic carboxylic acids is 1. The number of carboxylic acids is 1. The quantitative estimate of drug-likeness (QED) is 0.808. The molecule has 5 heteroatoms. The molecule has 1 atom stereocenters. The lowest BCUT2D eigenvalue weighted by Gasteiger charge is -2.15. The Hall–Kier alpha value is -1.07. The van der Waals surface area contributed by atoms with E-state index in [1.807, 2.05) is 18.2 Å². The minimum atomic E-state index is -0.936. The Morgan fingerprint density at radius 2 is 2.32 bits per heavy atom. The summed E-state index contributed by atoms with van der Waals surface area (Å²) in [5.41, 5.74) is 1.16. The minimum absolute atomic E-state index is 0.437. The molecule has 0 saturated heterocycles. The number of nitrogens with one attached hydrogen (secondary N) is 1. The molecule has 2 rings (SSSR count). The molecule has 0 aromatic heterocycles. The lowest BCUT2D eigenvalue weighted by atomic mass is 10.2. The summed E-state index contributed by atoms with van der Waals surface area (Å²) in [6.45, 7) is 2.63. The number of hydrogen-bond donors (Lipinski definition) is 2. The fraction of sp³-hybridized carbons (Fsp3) is 0.500. The zero-order valence-corrected chi connectivity index (χ0v) is 12.4. The first-order chi connectivity index (χ1) is 9.10. The number of carbonyl (C=O) groups is 1. The van der Waals surface area contributed by atoms with E-state index in [-0.39, 0.29) is 0 Å². The number of benzene rings is 1. The van der Waals surface area contributed by atoms with E-state index in [4.69, 9.17) is 9.84 Å². The van der Waals surface area contributed by atoms with Crippen molar-refractivity contribution in [2.75, 3.05) is 0 Å². The van der Waals surface area contributed by atoms with E-state index in [1.165, 1.54) is 12.8 Å². The molecule has 0 heterocycles. The molecule has 1 unspecified atom stereocenters. The van der Waals surface area contributed by atoms with E-state index < -0.39 is 12.1 Å². The van der Waals surface area contributed by atoms with E-state index >= 15 is 0 Å². The van der Waals surface area contributed by atoms with Gasteiger partial charge in [-0.2, -0.15) is 0 Å². The van der Waals surface area contributed by atoms with Crippen molar-refractivity contribution in [3.8, 4) is 5.75 Å². The molecule has 0 bridgehead atoms. The Kier molecular flexibility index (Phi) is 4.82. The molecular formula is C14H18BrNO3. The van der Waals surface area contributed by atoms with Gasteiger partial charge < -0.3 is 15.2 Å². The molecule has 104 valence electrons. The normalized spacial score (nSPS) is 16.1. The van der Waals surface area contributed by atoms with Gasteiger partial charge in [0.1, 0.15) is 5.75 Å². The third-order valence-electron chi connectivity index (χ3n) is 3.08. The summed E-state index contributed by atoms with van der Waals surface area (Å²) in [5.74, 6) is -0.363. The van der Waals surface area contributed by atoms with Crippen molar-refractivity contribution in [1.29, 1.82) is 0 Å². The lowest BCUT2D eigenvalue weighted by molar-refractivity contribution is -0.145. The van der Waals surface area contributed by atoms with Gasteiger partial charge in [0.25, 0.3) is 0 Å². The molecule has 0 radical (unpaired) electrons. The van der Waals surface area contributed by atoms with E-state index in [2.05, 4.69) is 21.2 Å². The Labute approximate surface area is 121 Å². The average molecular weight is 328 g/mol. The highest BCUT2D eigenvalue weighted by Gasteiger charge is 2.20. The average Bonchev–Trinajstić information content (AvgIpc) is 3.19. The Morgan fingerprint density at radius 3 is 2.84 bits per heavy atom. The summed E-state index contributed by atoms with van der Waals surface area (Å²) in [6.07, 6.45) is 2.16. The van der Waals surface area contributed by atoms with Gasteiger partial charge in [0.15, 0.2) is 6.10 Å². The van der Waals surface area contributed by atoms with Gasteiger partial charge in [-0.1, -0.05) is 13.0 Å². The summed E-state index contributed by atoms with van der Waals surface area (Å²) >= 11 is 3.43. The van der Waals surface area contributed by atoms with Crippen molar-refractivity contribution in [3.05, 3.63) is 28.2 Å². The van der Waals surface area contributed by atoms with Crippen LogP contribution in [0.1, 0.15) is 31.7 Å². The third kappa shape index (κ3) is 4.21. The fourth-order valence-corrected chi connectivity index (χ4v) is 2.28. The van der Waals surface area contributed by atoms with Gasteiger partial charge in [0, 0.05) is 12.6 Å². The number of rotatable bonds is 7. The second-order valence-corrected chi connectivity index (χ2v) is 5.63. The first-order valence-electron chi connectivity index (χ1n) is 6.51. The maximum absolute atomic E-state index is 10.9. The van der Waals surface area contributed by atoms with Crippen LogP contribution in [-0.2, 0) is 11.3 Å². The van der Waals surface area contributed by atoms with E-state index in [0.29, 0.717) is 18.2 Å². The number of carboxylic acid groups (broad SMARTS) is 1. The van der Waals surface area contributed by atoms with Crippen LogP contribution in [0.2, 0.25) is 0 Å². The maximum Gasteiger partial charge on any atom is 0.344 e. The van der Waals surface area contributed by atoms with Crippen LogP contribution in [0, 0.1) is 0 Å². The standard InChI is InChI=1S/C14H18BrNO3/c1-2-12(14(17)18)19-13-6-3-9(7-11(13)15)8-16-10-4-5-10/h3,6-7,10,12,16H,2,4-5,8H2,1H3,(H,17,18). The van der Waals surface area contributed by atoms with Crippen molar-refractivity contribution >= 4 is 21.9 Å². The van der Waals surface area contributed by atoms with Crippen LogP contribution >= 0.6 is 15.9 Å². The summed E-state index contributed by atoms with van der Waals surface area (Å²) in [5, 5.41) is 12.4. The van der Waals surface area contributed by atoms with Gasteiger partial charge in [-0.15, -0.1) is 0 Å². The monoisotopic (exact) mass is 327 g/mol. The van der Waals surface area contributed by atoms with Gasteiger partial charge in [-0.25, -0.2) is 4.79 Å². The second kappa shape index (κ2) is 6.39. The van der Waals surface area contributed by atoms with Crippen LogP contribution < -0.4 is 10.1 Å². The van der Waals surface area contributed by atoms with Gasteiger partial charge >= 0.3 is 5.97 Å². The smallest absolute Gasteiger partial charge is 0.344 e. The molecule has 2 N–H and O–H groups in total. The molecule has 1 saturated carbocycles. The molecule has 0 aliphatic heterocycles. The molecule has 19 heavy (non-hydrogen) atoms. The predicted octanol–water partition coefficient (Wildman–Crippen LogP) is 2.94. The van der Waals surface area contributed by atoms with Crippen molar-refractivity contribution in [2.45, 2.75) is 44.9 Å². The molecule has 0 spiro atoms. The summed E-state index contributed by atoms with van der Waals surface area (Å²) < 4.78 is 6.28. The van der Waals surface area contributed by atoms with Crippen LogP contribution in [-0.4, -0.2) is 23.2 Å². The Bertz CT molecular complexity index is 460. The van der Waals surface area contributed by atoms with E-state index in [1.54, 1.807) is 6.92 Å². The van der Waals surface area contributed by atoms with E-state index in [9.17, 15) is 4.79 Å². The van der Waals surface area contributed by atoms with Gasteiger partial charge in [-0.3, -0.25) is 0 Å². The largest absolute Gasteiger partial charge is 0.479 e. The highest BCUT2D eigenvalue weighted by molar-refractivity contribution is 9.10. The van der Waals surface area contributed by atoms with Crippen LogP contribution in [0.25, 0.3) is 0 Å². The SMILES string of the molecule is CCC(Oc1ccc(CNC2CC2)cc1Br)C(=O)O. The van der Waals surface area contributed by atoms with Crippen LogP contribution in [0.4, 0.5) is 0 Å².